The summed E-state index contributed by atoms with van der Waals surface area (Å²) in [5.41, 5.74) is 9.74. The third-order valence-electron chi connectivity index (χ3n) is 2.56. The summed E-state index contributed by atoms with van der Waals surface area (Å²) >= 11 is 0. The van der Waals surface area contributed by atoms with Crippen molar-refractivity contribution in [2.75, 3.05) is 18.2 Å². The predicted molar refractivity (Wildman–Crippen MR) is 71.9 cm³/mol. The minimum atomic E-state index is 0.672. The highest BCUT2D eigenvalue weighted by molar-refractivity contribution is 5.74. The van der Waals surface area contributed by atoms with E-state index in [1.807, 2.05) is 24.3 Å². The van der Waals surface area contributed by atoms with Crippen molar-refractivity contribution in [1.29, 1.82) is 0 Å². The highest BCUT2D eigenvalue weighted by Crippen LogP contribution is 2.27. The van der Waals surface area contributed by atoms with Crippen LogP contribution in [0.25, 0.3) is 0 Å². The molecule has 0 aromatic heterocycles. The second-order valence-electron chi connectivity index (χ2n) is 3.95. The molecule has 17 heavy (non-hydrogen) atoms. The quantitative estimate of drug-likeness (QED) is 0.792. The van der Waals surface area contributed by atoms with Gasteiger partial charge in [0.15, 0.2) is 0 Å². The molecule has 0 heterocycles. The van der Waals surface area contributed by atoms with E-state index in [2.05, 4.69) is 24.4 Å². The van der Waals surface area contributed by atoms with E-state index < -0.39 is 0 Å². The summed E-state index contributed by atoms with van der Waals surface area (Å²) in [4.78, 5) is 0. The maximum absolute atomic E-state index is 5.94. The number of ether oxygens (including phenoxy) is 1. The molecule has 2 aromatic carbocycles. The first kappa shape index (κ1) is 11.3. The van der Waals surface area contributed by atoms with Gasteiger partial charge in [0.1, 0.15) is 5.75 Å². The fourth-order valence-electron chi connectivity index (χ4n) is 1.66. The van der Waals surface area contributed by atoms with Crippen LogP contribution in [0.15, 0.2) is 42.5 Å². The van der Waals surface area contributed by atoms with Crippen LogP contribution in [0.1, 0.15) is 5.56 Å². The Balaban J connectivity index is 2.24. The Labute approximate surface area is 101 Å². The Bertz CT molecular complexity index is 523. The summed E-state index contributed by atoms with van der Waals surface area (Å²) in [5.74, 6) is 0.761. The highest BCUT2D eigenvalue weighted by Gasteiger charge is 2.01. The summed E-state index contributed by atoms with van der Waals surface area (Å²) < 4.78 is 5.11. The molecule has 0 bridgehead atoms. The van der Waals surface area contributed by atoms with Gasteiger partial charge in [-0.2, -0.15) is 0 Å². The fourth-order valence-corrected chi connectivity index (χ4v) is 1.66. The van der Waals surface area contributed by atoms with Gasteiger partial charge in [-0.1, -0.05) is 12.1 Å². The number of methoxy groups -OCH3 is 1. The zero-order chi connectivity index (χ0) is 12.3. The first-order valence-electron chi connectivity index (χ1n) is 5.46. The maximum atomic E-state index is 5.94. The van der Waals surface area contributed by atoms with Crippen molar-refractivity contribution in [3.63, 3.8) is 0 Å². The van der Waals surface area contributed by atoms with Crippen LogP contribution in [-0.4, -0.2) is 7.11 Å². The summed E-state index contributed by atoms with van der Waals surface area (Å²) in [6.07, 6.45) is 0. The molecule has 3 nitrogen and oxygen atoms in total. The lowest BCUT2D eigenvalue weighted by atomic mass is 10.2. The second-order valence-corrected chi connectivity index (χ2v) is 3.95. The minimum Gasteiger partial charge on any atom is -0.497 e. The molecule has 3 N–H and O–H groups in total. The van der Waals surface area contributed by atoms with E-state index >= 15 is 0 Å². The molecule has 0 atom stereocenters. The van der Waals surface area contributed by atoms with Gasteiger partial charge in [-0.05, 0) is 36.8 Å². The fraction of sp³-hybridized carbons (Fsp3) is 0.143. The number of nitrogen functional groups attached to an aromatic ring is 1. The van der Waals surface area contributed by atoms with Crippen molar-refractivity contribution in [3.05, 3.63) is 48.0 Å². The molecule has 0 saturated heterocycles. The van der Waals surface area contributed by atoms with E-state index in [0.717, 1.165) is 17.1 Å². The van der Waals surface area contributed by atoms with E-state index in [4.69, 9.17) is 10.5 Å². The Hall–Kier alpha value is -2.16. The third kappa shape index (κ3) is 2.69. The SMILES string of the molecule is COc1ccc(Nc2cccc(C)c2)c(N)c1. The zero-order valence-corrected chi connectivity index (χ0v) is 10.0. The van der Waals surface area contributed by atoms with Crippen molar-refractivity contribution in [1.82, 2.24) is 0 Å². The highest BCUT2D eigenvalue weighted by atomic mass is 16.5. The lowest BCUT2D eigenvalue weighted by Crippen LogP contribution is -1.97. The molecule has 0 aliphatic heterocycles. The molecular formula is C14H16N2O. The van der Waals surface area contributed by atoms with Crippen molar-refractivity contribution >= 4 is 17.1 Å². The molecule has 0 fully saturated rings. The van der Waals surface area contributed by atoms with Crippen LogP contribution in [0.2, 0.25) is 0 Å². The number of aryl methyl sites for hydroxylation is 1. The van der Waals surface area contributed by atoms with Gasteiger partial charge in [0, 0.05) is 11.8 Å². The zero-order valence-electron chi connectivity index (χ0n) is 10.0. The van der Waals surface area contributed by atoms with E-state index in [-0.39, 0.29) is 0 Å². The number of rotatable bonds is 3. The summed E-state index contributed by atoms with van der Waals surface area (Å²) in [6.45, 7) is 2.06. The molecule has 0 saturated carbocycles. The monoisotopic (exact) mass is 228 g/mol. The molecule has 0 aliphatic carbocycles. The summed E-state index contributed by atoms with van der Waals surface area (Å²) in [5, 5.41) is 3.28. The van der Waals surface area contributed by atoms with Crippen LogP contribution in [0.3, 0.4) is 0 Å². The molecule has 0 unspecified atom stereocenters. The average Bonchev–Trinajstić information content (AvgIpc) is 2.32. The maximum Gasteiger partial charge on any atom is 0.121 e. The predicted octanol–water partition coefficient (Wildman–Crippen LogP) is 3.33. The Morgan fingerprint density at radius 2 is 1.94 bits per heavy atom. The van der Waals surface area contributed by atoms with Crippen LogP contribution >= 0.6 is 0 Å². The first-order chi connectivity index (χ1) is 8.19. The van der Waals surface area contributed by atoms with Gasteiger partial charge in [0.05, 0.1) is 18.5 Å². The number of benzene rings is 2. The smallest absolute Gasteiger partial charge is 0.121 e. The van der Waals surface area contributed by atoms with E-state index in [0.29, 0.717) is 5.69 Å². The summed E-state index contributed by atoms with van der Waals surface area (Å²) in [7, 11) is 1.63. The van der Waals surface area contributed by atoms with Crippen molar-refractivity contribution in [3.8, 4) is 5.75 Å². The second kappa shape index (κ2) is 4.78. The van der Waals surface area contributed by atoms with Crippen LogP contribution in [0, 0.1) is 6.92 Å². The molecule has 2 rings (SSSR count). The number of hydrogen-bond donors (Lipinski definition) is 2. The Morgan fingerprint density at radius 3 is 2.59 bits per heavy atom. The molecule has 0 amide bonds. The number of nitrogens with two attached hydrogens (primary N) is 1. The van der Waals surface area contributed by atoms with Gasteiger partial charge in [-0.25, -0.2) is 0 Å². The topological polar surface area (TPSA) is 47.3 Å². The van der Waals surface area contributed by atoms with E-state index in [9.17, 15) is 0 Å². The third-order valence-corrected chi connectivity index (χ3v) is 2.56. The van der Waals surface area contributed by atoms with Crippen molar-refractivity contribution in [2.24, 2.45) is 0 Å². The van der Waals surface area contributed by atoms with Crippen molar-refractivity contribution < 1.29 is 4.74 Å². The van der Waals surface area contributed by atoms with Gasteiger partial charge in [-0.3, -0.25) is 0 Å². The van der Waals surface area contributed by atoms with Gasteiger partial charge < -0.3 is 15.8 Å². The van der Waals surface area contributed by atoms with Crippen molar-refractivity contribution in [2.45, 2.75) is 6.92 Å². The Kier molecular flexibility index (Phi) is 3.19. The Morgan fingerprint density at radius 1 is 1.12 bits per heavy atom. The standard InChI is InChI=1S/C14H16N2O/c1-10-4-3-5-11(8-10)16-14-7-6-12(17-2)9-13(14)15/h3-9,16H,15H2,1-2H3. The molecule has 3 heteroatoms. The molecule has 2 aromatic rings. The minimum absolute atomic E-state index is 0.672. The van der Waals surface area contributed by atoms with Crippen LogP contribution in [0.4, 0.5) is 17.1 Å². The molecule has 88 valence electrons. The van der Waals surface area contributed by atoms with E-state index in [1.54, 1.807) is 13.2 Å². The lowest BCUT2D eigenvalue weighted by Gasteiger charge is -2.11. The van der Waals surface area contributed by atoms with Gasteiger partial charge in [0.2, 0.25) is 0 Å². The van der Waals surface area contributed by atoms with Crippen LogP contribution in [0.5, 0.6) is 5.75 Å². The van der Waals surface area contributed by atoms with Crippen LogP contribution < -0.4 is 15.8 Å². The van der Waals surface area contributed by atoms with Gasteiger partial charge in [-0.15, -0.1) is 0 Å². The largest absolute Gasteiger partial charge is 0.497 e. The number of anilines is 3. The molecular weight excluding hydrogens is 212 g/mol. The molecule has 0 radical (unpaired) electrons. The van der Waals surface area contributed by atoms with Crippen LogP contribution in [-0.2, 0) is 0 Å². The molecule has 0 spiro atoms. The van der Waals surface area contributed by atoms with Gasteiger partial charge >= 0.3 is 0 Å². The number of hydrogen-bond acceptors (Lipinski definition) is 3. The lowest BCUT2D eigenvalue weighted by molar-refractivity contribution is 0.415. The normalized spacial score (nSPS) is 10.0. The average molecular weight is 228 g/mol. The first-order valence-corrected chi connectivity index (χ1v) is 5.46. The number of nitrogens with one attached hydrogen (secondary N) is 1. The molecule has 0 aliphatic rings. The van der Waals surface area contributed by atoms with Gasteiger partial charge in [0.25, 0.3) is 0 Å². The van der Waals surface area contributed by atoms with E-state index in [1.165, 1.54) is 5.56 Å². The summed E-state index contributed by atoms with van der Waals surface area (Å²) in [6, 6.07) is 13.8.